The van der Waals surface area contributed by atoms with Gasteiger partial charge in [0.2, 0.25) is 0 Å². The van der Waals surface area contributed by atoms with E-state index >= 15 is 0 Å². The monoisotopic (exact) mass is 428 g/mol. The first-order valence-electron chi connectivity index (χ1n) is 11.8. The summed E-state index contributed by atoms with van der Waals surface area (Å²) in [7, 11) is 0. The van der Waals surface area contributed by atoms with E-state index in [0.29, 0.717) is 18.8 Å². The van der Waals surface area contributed by atoms with E-state index in [9.17, 15) is 19.2 Å². The Kier molecular flexibility index (Phi) is 11.6. The predicted octanol–water partition coefficient (Wildman–Crippen LogP) is 6.11. The van der Waals surface area contributed by atoms with Gasteiger partial charge in [-0.15, -0.1) is 0 Å². The molecule has 1 aliphatic carbocycles. The highest BCUT2D eigenvalue weighted by molar-refractivity contribution is 6.00. The molecule has 0 heterocycles. The zero-order chi connectivity index (χ0) is 23.6. The average Bonchev–Trinajstić information content (AvgIpc) is 2.68. The number of carbonyl (C=O) groups excluding carboxylic acids is 4. The minimum atomic E-state index is -0.0622. The SMILES string of the molecule is CCC(C)=O.CCCC(CC1CC(=O)c2c(C)cccc2C1)C(CC)C(=O)CC(C)=O. The number of rotatable bonds is 10. The van der Waals surface area contributed by atoms with Crippen molar-refractivity contribution in [3.63, 3.8) is 0 Å². The van der Waals surface area contributed by atoms with Crippen molar-refractivity contribution in [1.82, 2.24) is 0 Å². The van der Waals surface area contributed by atoms with E-state index in [-0.39, 0.29) is 41.4 Å². The summed E-state index contributed by atoms with van der Waals surface area (Å²) in [6.07, 6.45) is 5.88. The summed E-state index contributed by atoms with van der Waals surface area (Å²) in [4.78, 5) is 46.4. The molecule has 1 aromatic rings. The quantitative estimate of drug-likeness (QED) is 0.422. The minimum absolute atomic E-state index is 0.0460. The molecule has 0 aliphatic heterocycles. The Morgan fingerprint density at radius 1 is 1.03 bits per heavy atom. The van der Waals surface area contributed by atoms with Gasteiger partial charge in [-0.3, -0.25) is 14.4 Å². The highest BCUT2D eigenvalue weighted by atomic mass is 16.1. The largest absolute Gasteiger partial charge is 0.300 e. The molecule has 3 atom stereocenters. The van der Waals surface area contributed by atoms with E-state index < -0.39 is 0 Å². The van der Waals surface area contributed by atoms with Crippen molar-refractivity contribution in [2.45, 2.75) is 92.9 Å². The Labute approximate surface area is 188 Å². The molecule has 0 bridgehead atoms. The Morgan fingerprint density at radius 3 is 2.19 bits per heavy atom. The topological polar surface area (TPSA) is 68.3 Å². The van der Waals surface area contributed by atoms with Crippen LogP contribution in [-0.2, 0) is 20.8 Å². The Bertz CT molecular complexity index is 777. The van der Waals surface area contributed by atoms with E-state index in [0.717, 1.165) is 48.8 Å². The Hall–Kier alpha value is -2.10. The second kappa shape index (κ2) is 13.3. The summed E-state index contributed by atoms with van der Waals surface area (Å²) in [5, 5.41) is 0. The van der Waals surface area contributed by atoms with Gasteiger partial charge in [-0.25, -0.2) is 0 Å². The zero-order valence-corrected chi connectivity index (χ0v) is 20.3. The van der Waals surface area contributed by atoms with Crippen LogP contribution in [0.3, 0.4) is 0 Å². The van der Waals surface area contributed by atoms with Crippen LogP contribution >= 0.6 is 0 Å². The summed E-state index contributed by atoms with van der Waals surface area (Å²) in [5.41, 5.74) is 3.14. The summed E-state index contributed by atoms with van der Waals surface area (Å²) in [5.74, 6) is 1.02. The van der Waals surface area contributed by atoms with Crippen molar-refractivity contribution in [3.05, 3.63) is 34.9 Å². The molecule has 4 heteroatoms. The molecule has 3 unspecified atom stereocenters. The van der Waals surface area contributed by atoms with Crippen LogP contribution in [-0.4, -0.2) is 23.1 Å². The molecule has 0 spiro atoms. The molecule has 0 radical (unpaired) electrons. The van der Waals surface area contributed by atoms with Gasteiger partial charge in [-0.05, 0) is 63.0 Å². The smallest absolute Gasteiger partial charge is 0.163 e. The predicted molar refractivity (Wildman–Crippen MR) is 125 cm³/mol. The Morgan fingerprint density at radius 2 is 1.68 bits per heavy atom. The van der Waals surface area contributed by atoms with Crippen LogP contribution in [0.2, 0.25) is 0 Å². The molecule has 2 rings (SSSR count). The molecular weight excluding hydrogens is 388 g/mol. The molecule has 0 amide bonds. The summed E-state index contributed by atoms with van der Waals surface area (Å²) in [6.45, 7) is 11.1. The molecule has 1 aliphatic rings. The van der Waals surface area contributed by atoms with Crippen LogP contribution in [0, 0.1) is 24.7 Å². The second-order valence-electron chi connectivity index (χ2n) is 9.01. The molecule has 0 fully saturated rings. The summed E-state index contributed by atoms with van der Waals surface area (Å²) in [6, 6.07) is 6.10. The minimum Gasteiger partial charge on any atom is -0.300 e. The summed E-state index contributed by atoms with van der Waals surface area (Å²) < 4.78 is 0. The van der Waals surface area contributed by atoms with Crippen molar-refractivity contribution in [3.8, 4) is 0 Å². The van der Waals surface area contributed by atoms with Crippen LogP contribution in [0.15, 0.2) is 18.2 Å². The molecule has 0 aromatic heterocycles. The fraction of sp³-hybridized carbons (Fsp3) is 0.630. The van der Waals surface area contributed by atoms with Crippen molar-refractivity contribution in [2.24, 2.45) is 17.8 Å². The van der Waals surface area contributed by atoms with Gasteiger partial charge in [0.25, 0.3) is 0 Å². The normalized spacial score (nSPS) is 17.1. The number of Topliss-reactive ketones (excluding diaryl/α,β-unsaturated/α-hetero) is 4. The fourth-order valence-corrected chi connectivity index (χ4v) is 4.69. The highest BCUT2D eigenvalue weighted by Gasteiger charge is 2.32. The van der Waals surface area contributed by atoms with Crippen LogP contribution < -0.4 is 0 Å². The van der Waals surface area contributed by atoms with Crippen molar-refractivity contribution < 1.29 is 19.2 Å². The zero-order valence-electron chi connectivity index (χ0n) is 20.3. The average molecular weight is 429 g/mol. The number of ketones is 4. The molecule has 0 saturated carbocycles. The van der Waals surface area contributed by atoms with Crippen LogP contribution in [0.1, 0.15) is 101 Å². The van der Waals surface area contributed by atoms with Gasteiger partial charge >= 0.3 is 0 Å². The first-order chi connectivity index (χ1) is 14.6. The lowest BCUT2D eigenvalue weighted by Gasteiger charge is -2.31. The first-order valence-corrected chi connectivity index (χ1v) is 11.8. The maximum atomic E-state index is 12.7. The van der Waals surface area contributed by atoms with E-state index in [1.54, 1.807) is 6.92 Å². The third kappa shape index (κ3) is 8.51. The molecule has 172 valence electrons. The third-order valence-electron chi connectivity index (χ3n) is 6.26. The number of hydrogen-bond donors (Lipinski definition) is 0. The lowest BCUT2D eigenvalue weighted by atomic mass is 9.72. The maximum Gasteiger partial charge on any atom is 0.163 e. The molecular formula is C27H40O4. The van der Waals surface area contributed by atoms with Crippen LogP contribution in [0.25, 0.3) is 0 Å². The van der Waals surface area contributed by atoms with Crippen LogP contribution in [0.4, 0.5) is 0 Å². The van der Waals surface area contributed by atoms with E-state index in [1.807, 2.05) is 32.9 Å². The Balaban J connectivity index is 0.000000861. The number of aryl methyl sites for hydroxylation is 1. The van der Waals surface area contributed by atoms with E-state index in [2.05, 4.69) is 13.0 Å². The lowest BCUT2D eigenvalue weighted by molar-refractivity contribution is -0.130. The van der Waals surface area contributed by atoms with Crippen molar-refractivity contribution >= 4 is 23.1 Å². The highest BCUT2D eigenvalue weighted by Crippen LogP contribution is 2.36. The first kappa shape index (κ1) is 26.9. The summed E-state index contributed by atoms with van der Waals surface area (Å²) >= 11 is 0. The molecule has 0 N–H and O–H groups in total. The molecule has 31 heavy (non-hydrogen) atoms. The van der Waals surface area contributed by atoms with Gasteiger partial charge in [-0.2, -0.15) is 0 Å². The van der Waals surface area contributed by atoms with Crippen LogP contribution in [0.5, 0.6) is 0 Å². The molecule has 4 nitrogen and oxygen atoms in total. The number of carbonyl (C=O) groups is 4. The van der Waals surface area contributed by atoms with Gasteiger partial charge in [0.1, 0.15) is 17.3 Å². The standard InChI is InChI=1S/C23H32O3.C4H8O/c1-5-8-18(20(6-2)21(25)11-16(4)24)12-17-13-19-10-7-9-15(3)23(19)22(26)14-17;1-3-4(2)5/h7,9-10,17-18,20H,5-6,8,11-14H2,1-4H3;3H2,1-2H3. The third-order valence-corrected chi connectivity index (χ3v) is 6.26. The van der Waals surface area contributed by atoms with Gasteiger partial charge < -0.3 is 4.79 Å². The van der Waals surface area contributed by atoms with Gasteiger partial charge in [0.15, 0.2) is 5.78 Å². The van der Waals surface area contributed by atoms with Gasteiger partial charge in [0.05, 0.1) is 6.42 Å². The molecule has 0 saturated heterocycles. The second-order valence-corrected chi connectivity index (χ2v) is 9.01. The number of fused-ring (bicyclic) bond motifs is 1. The van der Waals surface area contributed by atoms with Gasteiger partial charge in [0, 0.05) is 24.3 Å². The lowest BCUT2D eigenvalue weighted by Crippen LogP contribution is -2.29. The number of hydrogen-bond acceptors (Lipinski definition) is 4. The van der Waals surface area contributed by atoms with Gasteiger partial charge in [-0.1, -0.05) is 51.8 Å². The number of benzene rings is 1. The van der Waals surface area contributed by atoms with E-state index in [4.69, 9.17) is 0 Å². The van der Waals surface area contributed by atoms with E-state index in [1.165, 1.54) is 6.92 Å². The van der Waals surface area contributed by atoms with Crippen molar-refractivity contribution in [1.29, 1.82) is 0 Å². The molecule has 1 aromatic carbocycles. The maximum absolute atomic E-state index is 12.7. The fourth-order valence-electron chi connectivity index (χ4n) is 4.69. The van der Waals surface area contributed by atoms with Crippen molar-refractivity contribution in [2.75, 3.05) is 0 Å².